The molecule has 1 N–H and O–H groups in total. The second-order valence-electron chi connectivity index (χ2n) is 5.63. The Morgan fingerprint density at radius 1 is 1.28 bits per heavy atom. The summed E-state index contributed by atoms with van der Waals surface area (Å²) < 4.78 is 13.8. The number of benzene rings is 1. The summed E-state index contributed by atoms with van der Waals surface area (Å²) >= 11 is 0. The zero-order valence-corrected chi connectivity index (χ0v) is 11.0. The molecular weight excluding hydrogens is 227 g/mol. The summed E-state index contributed by atoms with van der Waals surface area (Å²) in [4.78, 5) is 2.59. The number of hydrogen-bond acceptors (Lipinski definition) is 2. The molecule has 0 radical (unpaired) electrons. The van der Waals surface area contributed by atoms with Crippen molar-refractivity contribution in [2.45, 2.75) is 44.7 Å². The third-order valence-electron chi connectivity index (χ3n) is 4.39. The van der Waals surface area contributed by atoms with Crippen molar-refractivity contribution in [2.24, 2.45) is 0 Å². The van der Waals surface area contributed by atoms with Crippen LogP contribution in [0.1, 0.15) is 31.2 Å². The first kappa shape index (κ1) is 12.0. The van der Waals surface area contributed by atoms with Crippen molar-refractivity contribution in [2.75, 3.05) is 18.4 Å². The molecule has 98 valence electrons. The van der Waals surface area contributed by atoms with E-state index in [0.717, 1.165) is 31.0 Å². The number of nitrogens with zero attached hydrogens (tertiary/aromatic N) is 1. The summed E-state index contributed by atoms with van der Waals surface area (Å²) in [6, 6.07) is 6.44. The number of para-hydroxylation sites is 1. The van der Waals surface area contributed by atoms with Gasteiger partial charge in [-0.25, -0.2) is 4.39 Å². The van der Waals surface area contributed by atoms with Gasteiger partial charge in [-0.3, -0.25) is 0 Å². The van der Waals surface area contributed by atoms with Gasteiger partial charge in [-0.1, -0.05) is 12.1 Å². The van der Waals surface area contributed by atoms with Gasteiger partial charge in [0, 0.05) is 18.6 Å². The predicted molar refractivity (Wildman–Crippen MR) is 72.4 cm³/mol. The van der Waals surface area contributed by atoms with E-state index in [0.29, 0.717) is 11.7 Å². The number of aryl methyl sites for hydroxylation is 1. The lowest BCUT2D eigenvalue weighted by Crippen LogP contribution is -2.42. The van der Waals surface area contributed by atoms with E-state index in [1.54, 1.807) is 12.1 Å². The highest BCUT2D eigenvalue weighted by atomic mass is 19.1. The first-order valence-corrected chi connectivity index (χ1v) is 7.00. The van der Waals surface area contributed by atoms with Crippen molar-refractivity contribution >= 4 is 5.69 Å². The lowest BCUT2D eigenvalue weighted by Gasteiger charge is -2.35. The topological polar surface area (TPSA) is 15.3 Å². The summed E-state index contributed by atoms with van der Waals surface area (Å²) in [5.74, 6) is -0.121. The Hall–Kier alpha value is -1.09. The average Bonchev–Trinajstić information content (AvgIpc) is 2.81. The molecule has 2 aliphatic rings. The van der Waals surface area contributed by atoms with Crippen molar-refractivity contribution in [1.82, 2.24) is 4.90 Å². The van der Waals surface area contributed by atoms with E-state index in [1.165, 1.54) is 19.4 Å². The number of halogens is 1. The molecule has 0 aliphatic carbocycles. The minimum absolute atomic E-state index is 0.121. The number of hydrogen-bond donors (Lipinski definition) is 1. The monoisotopic (exact) mass is 248 g/mol. The van der Waals surface area contributed by atoms with Crippen LogP contribution in [0.2, 0.25) is 0 Å². The number of nitrogens with one attached hydrogen (secondary N) is 1. The minimum atomic E-state index is -0.121. The van der Waals surface area contributed by atoms with Crippen LogP contribution in [0, 0.1) is 12.7 Å². The van der Waals surface area contributed by atoms with Crippen LogP contribution in [-0.4, -0.2) is 30.1 Å². The molecule has 1 aromatic carbocycles. The molecule has 2 heterocycles. The van der Waals surface area contributed by atoms with Gasteiger partial charge in [0.15, 0.2) is 0 Å². The highest BCUT2D eigenvalue weighted by Crippen LogP contribution is 2.29. The Morgan fingerprint density at radius 2 is 2.17 bits per heavy atom. The predicted octanol–water partition coefficient (Wildman–Crippen LogP) is 3.17. The smallest absolute Gasteiger partial charge is 0.146 e. The van der Waals surface area contributed by atoms with Crippen LogP contribution < -0.4 is 5.32 Å². The van der Waals surface area contributed by atoms with Crippen LogP contribution in [0.3, 0.4) is 0 Å². The highest BCUT2D eigenvalue weighted by molar-refractivity contribution is 5.52. The summed E-state index contributed by atoms with van der Waals surface area (Å²) in [5, 5.41) is 3.43. The molecule has 0 aromatic heterocycles. The van der Waals surface area contributed by atoms with Crippen molar-refractivity contribution in [1.29, 1.82) is 0 Å². The van der Waals surface area contributed by atoms with Crippen LogP contribution in [0.4, 0.5) is 10.1 Å². The van der Waals surface area contributed by atoms with E-state index in [1.807, 2.05) is 13.0 Å². The molecule has 2 fully saturated rings. The van der Waals surface area contributed by atoms with Gasteiger partial charge in [0.1, 0.15) is 5.82 Å². The molecule has 3 heteroatoms. The van der Waals surface area contributed by atoms with Crippen molar-refractivity contribution < 1.29 is 4.39 Å². The first-order chi connectivity index (χ1) is 8.74. The quantitative estimate of drug-likeness (QED) is 0.864. The molecule has 0 amide bonds. The van der Waals surface area contributed by atoms with Crippen molar-refractivity contribution in [3.63, 3.8) is 0 Å². The third kappa shape index (κ3) is 2.24. The van der Waals surface area contributed by atoms with Crippen molar-refractivity contribution in [3.8, 4) is 0 Å². The summed E-state index contributed by atoms with van der Waals surface area (Å²) in [5.41, 5.74) is 1.71. The minimum Gasteiger partial charge on any atom is -0.380 e. The zero-order chi connectivity index (χ0) is 12.5. The fourth-order valence-corrected chi connectivity index (χ4v) is 3.37. The second-order valence-corrected chi connectivity index (χ2v) is 5.63. The SMILES string of the molecule is Cc1cccc(F)c1NC1CCN2CCCC2C1. The van der Waals surface area contributed by atoms with Gasteiger partial charge >= 0.3 is 0 Å². The Kier molecular flexibility index (Phi) is 3.25. The summed E-state index contributed by atoms with van der Waals surface area (Å²) in [6.07, 6.45) is 4.93. The van der Waals surface area contributed by atoms with Gasteiger partial charge in [0.05, 0.1) is 5.69 Å². The third-order valence-corrected chi connectivity index (χ3v) is 4.39. The average molecular weight is 248 g/mol. The maximum absolute atomic E-state index is 13.8. The lowest BCUT2D eigenvalue weighted by molar-refractivity contribution is 0.188. The Bertz CT molecular complexity index is 412. The summed E-state index contributed by atoms with van der Waals surface area (Å²) in [7, 11) is 0. The van der Waals surface area contributed by atoms with E-state index in [4.69, 9.17) is 0 Å². The lowest BCUT2D eigenvalue weighted by atomic mass is 9.97. The van der Waals surface area contributed by atoms with E-state index in [-0.39, 0.29) is 5.82 Å². The molecule has 2 aliphatic heterocycles. The summed E-state index contributed by atoms with van der Waals surface area (Å²) in [6.45, 7) is 4.39. The van der Waals surface area contributed by atoms with Crippen LogP contribution >= 0.6 is 0 Å². The standard InChI is InChI=1S/C15H21FN2/c1-11-4-2-6-14(16)15(11)17-12-7-9-18-8-3-5-13(18)10-12/h2,4,6,12-13,17H,3,5,7-10H2,1H3. The molecule has 1 aromatic rings. The fourth-order valence-electron chi connectivity index (χ4n) is 3.37. The Labute approximate surface area is 108 Å². The van der Waals surface area contributed by atoms with Crippen LogP contribution in [0.15, 0.2) is 18.2 Å². The molecule has 2 nitrogen and oxygen atoms in total. The molecule has 2 unspecified atom stereocenters. The Morgan fingerprint density at radius 3 is 3.00 bits per heavy atom. The van der Waals surface area contributed by atoms with Crippen LogP contribution in [-0.2, 0) is 0 Å². The number of rotatable bonds is 2. The molecule has 0 spiro atoms. The van der Waals surface area contributed by atoms with Gasteiger partial charge in [0.2, 0.25) is 0 Å². The number of fused-ring (bicyclic) bond motifs is 1. The van der Waals surface area contributed by atoms with E-state index >= 15 is 0 Å². The van der Waals surface area contributed by atoms with E-state index in [2.05, 4.69) is 10.2 Å². The van der Waals surface area contributed by atoms with Gasteiger partial charge in [-0.15, -0.1) is 0 Å². The molecule has 0 bridgehead atoms. The number of piperidine rings is 1. The van der Waals surface area contributed by atoms with Gasteiger partial charge in [0.25, 0.3) is 0 Å². The molecular formula is C15H21FN2. The fraction of sp³-hybridized carbons (Fsp3) is 0.600. The van der Waals surface area contributed by atoms with Gasteiger partial charge in [-0.05, 0) is 50.8 Å². The Balaban J connectivity index is 1.69. The van der Waals surface area contributed by atoms with Gasteiger partial charge in [-0.2, -0.15) is 0 Å². The molecule has 18 heavy (non-hydrogen) atoms. The van der Waals surface area contributed by atoms with Crippen LogP contribution in [0.25, 0.3) is 0 Å². The normalized spacial score (nSPS) is 28.1. The largest absolute Gasteiger partial charge is 0.380 e. The van der Waals surface area contributed by atoms with Crippen molar-refractivity contribution in [3.05, 3.63) is 29.6 Å². The first-order valence-electron chi connectivity index (χ1n) is 7.00. The number of anilines is 1. The highest BCUT2D eigenvalue weighted by Gasteiger charge is 2.31. The zero-order valence-electron chi connectivity index (χ0n) is 11.0. The molecule has 2 saturated heterocycles. The molecule has 0 saturated carbocycles. The van der Waals surface area contributed by atoms with Crippen LogP contribution in [0.5, 0.6) is 0 Å². The second kappa shape index (κ2) is 4.88. The van der Waals surface area contributed by atoms with E-state index in [9.17, 15) is 4.39 Å². The molecule has 3 rings (SSSR count). The van der Waals surface area contributed by atoms with Gasteiger partial charge < -0.3 is 10.2 Å². The maximum Gasteiger partial charge on any atom is 0.146 e. The maximum atomic E-state index is 13.8. The molecule has 2 atom stereocenters. The van der Waals surface area contributed by atoms with E-state index < -0.39 is 0 Å².